The van der Waals surface area contributed by atoms with Gasteiger partial charge in [-0.1, -0.05) is 129 Å². The molecular formula is C36H60Cl2N4NbO12Rh-7. The molecule has 4 aliphatic heterocycles. The van der Waals surface area contributed by atoms with Gasteiger partial charge in [-0.2, -0.15) is 6.20 Å². The van der Waals surface area contributed by atoms with Gasteiger partial charge in [-0.05, 0) is 24.2 Å². The number of carbonyl (C=O) groups excluding carboxylic acids is 4. The first-order chi connectivity index (χ1) is 26.4. The Kier molecular flexibility index (Phi) is 66.5. The third kappa shape index (κ3) is 54.9. The minimum Gasteiger partial charge on any atom is -1.00 e. The Morgan fingerprint density at radius 2 is 0.857 bits per heavy atom. The van der Waals surface area contributed by atoms with E-state index in [9.17, 15) is 0 Å². The first-order valence-electron chi connectivity index (χ1n) is 18.4. The molecule has 0 N–H and O–H groups in total. The van der Waals surface area contributed by atoms with Gasteiger partial charge in [0.2, 0.25) is 0 Å². The average Bonchev–Trinajstić information content (AvgIpc) is 3.20. The summed E-state index contributed by atoms with van der Waals surface area (Å²) in [7, 11) is 9.67. The Morgan fingerprint density at radius 3 is 1.04 bits per heavy atom. The van der Waals surface area contributed by atoms with Crippen LogP contribution in [0.25, 0.3) is 21.3 Å². The largest absolute Gasteiger partial charge is 5.00 e. The van der Waals surface area contributed by atoms with Crippen LogP contribution in [0.5, 0.6) is 0 Å². The van der Waals surface area contributed by atoms with Gasteiger partial charge in [0.05, 0.1) is 23.9 Å². The second kappa shape index (κ2) is 55.9. The number of hydrogen-bond donors (Lipinski definition) is 0. The first-order valence-corrected chi connectivity index (χ1v) is 22.6. The van der Waals surface area contributed by atoms with Gasteiger partial charge in [-0.3, -0.25) is 0 Å². The average molecular weight is 1010 g/mol. The van der Waals surface area contributed by atoms with E-state index in [0.29, 0.717) is 0 Å². The van der Waals surface area contributed by atoms with Crippen molar-refractivity contribution in [3.05, 3.63) is 45.2 Å². The molecule has 0 aromatic carbocycles. The summed E-state index contributed by atoms with van der Waals surface area (Å²) in [6.45, 7) is 16.7. The summed E-state index contributed by atoms with van der Waals surface area (Å²) in [5.41, 5.74) is 1.44. The summed E-state index contributed by atoms with van der Waals surface area (Å²) < 4.78 is 0. The molecule has 0 aromatic heterocycles. The Morgan fingerprint density at radius 1 is 0.589 bits per heavy atom. The molecule has 3 saturated heterocycles. The molecule has 16 nitrogen and oxygen atoms in total. The zero-order valence-electron chi connectivity index (χ0n) is 33.0. The van der Waals surface area contributed by atoms with Crippen molar-refractivity contribution in [2.75, 3.05) is 45.8 Å². The molecule has 0 radical (unpaired) electrons. The van der Waals surface area contributed by atoms with Crippen molar-refractivity contribution in [3.8, 4) is 0 Å². The molecule has 0 amide bonds. The molecule has 3 fully saturated rings. The summed E-state index contributed by atoms with van der Waals surface area (Å²) in [5, 5.41) is 80.7. The number of allylic oxidation sites excluding steroid dienone is 2. The predicted octanol–water partition coefficient (Wildman–Crippen LogP) is -0.0851. The molecule has 0 unspecified atom stereocenters. The Hall–Kier alpha value is -1.18. The molecule has 4 aliphatic rings. The molecule has 20 heteroatoms. The van der Waals surface area contributed by atoms with E-state index >= 15 is 0 Å². The summed E-state index contributed by atoms with van der Waals surface area (Å²) in [5.74, 6) is -5.72. The van der Waals surface area contributed by atoms with Crippen LogP contribution in [0.2, 0.25) is 0 Å². The van der Waals surface area contributed by atoms with E-state index in [0.717, 1.165) is 63.6 Å². The maximum Gasteiger partial charge on any atom is 5.00 e. The molecule has 0 bridgehead atoms. The van der Waals surface area contributed by atoms with Crippen LogP contribution in [0.3, 0.4) is 0 Å². The third-order valence-corrected chi connectivity index (χ3v) is 7.99. The van der Waals surface area contributed by atoms with Gasteiger partial charge in [0.15, 0.2) is 0 Å². The Labute approximate surface area is 365 Å². The van der Waals surface area contributed by atoms with Gasteiger partial charge in [0.1, 0.15) is 0 Å². The van der Waals surface area contributed by atoms with E-state index in [1.165, 1.54) is 95.5 Å². The van der Waals surface area contributed by atoms with Crippen molar-refractivity contribution in [3.63, 3.8) is 0 Å². The smallest absolute Gasteiger partial charge is 1.00 e. The summed E-state index contributed by atoms with van der Waals surface area (Å²) in [6, 6.07) is 0. The predicted molar refractivity (Wildman–Crippen MR) is 194 cm³/mol. The van der Waals surface area contributed by atoms with E-state index in [2.05, 4.69) is 61.1 Å². The number of rotatable bonds is 8. The van der Waals surface area contributed by atoms with Gasteiger partial charge < -0.3 is 81.9 Å². The number of carboxylic acid groups (broad SMARTS) is 4. The van der Waals surface area contributed by atoms with Crippen LogP contribution in [0, 0.1) is 17.8 Å². The van der Waals surface area contributed by atoms with Crippen molar-refractivity contribution in [2.24, 2.45) is 17.8 Å². The molecule has 0 spiro atoms. The monoisotopic (exact) mass is 1010 g/mol. The van der Waals surface area contributed by atoms with Crippen LogP contribution in [-0.2, 0) is 56.7 Å². The van der Waals surface area contributed by atoms with Crippen LogP contribution in [0.15, 0.2) is 23.9 Å². The van der Waals surface area contributed by atoms with E-state index in [4.69, 9.17) is 80.0 Å². The third-order valence-electron chi connectivity index (χ3n) is 7.99. The maximum atomic E-state index is 8.93. The number of carboxylic acids is 4. The minimum absolute atomic E-state index is 0. The van der Waals surface area contributed by atoms with Crippen LogP contribution in [0.4, 0.5) is 0 Å². The molecule has 4 rings (SSSR count). The zero-order chi connectivity index (χ0) is 43.1. The van der Waals surface area contributed by atoms with Crippen LogP contribution < -0.4 is 41.5 Å². The number of aliphatic carboxylic acids is 4. The van der Waals surface area contributed by atoms with E-state index in [1.807, 2.05) is 6.20 Å². The number of carbonyl (C=O) groups is 4. The quantitative estimate of drug-likeness (QED) is 0.133. The SMILES string of the molecule is CCCC1=CC[N-]C=C1.CCCC1CC[N-]CC1.CCCC1CC[N-]CC1.CCCC1CC[N-]CC1.O=C([O-])C(=O)[O-].O=C([O-])C(=O)[O-].[Cl][Rh][Cl].[Nb+5].[O-][O-].[O-][O-]. The first kappa shape index (κ1) is 66.6. The minimum atomic E-state index is -2.19. The number of halogens is 2. The maximum absolute atomic E-state index is 8.93. The van der Waals surface area contributed by atoms with Gasteiger partial charge in [-0.15, -0.1) is 45.8 Å². The number of nitrogens with zero attached hydrogens (tertiary/aromatic N) is 4. The van der Waals surface area contributed by atoms with E-state index in [1.54, 1.807) is 0 Å². The van der Waals surface area contributed by atoms with Gasteiger partial charge in [0.25, 0.3) is 0 Å². The fourth-order valence-corrected chi connectivity index (χ4v) is 5.42. The van der Waals surface area contributed by atoms with Crippen molar-refractivity contribution in [1.29, 1.82) is 0 Å². The second-order valence-corrected chi connectivity index (χ2v) is 14.6. The molecule has 331 valence electrons. The van der Waals surface area contributed by atoms with Gasteiger partial charge in [-0.25, -0.2) is 0 Å². The molecule has 4 heterocycles. The standard InChI is InChI=1S/3C8H16N.C8H12N.2C2H2O4.2ClH.Nb.2O2.Rh/c4*1-2-3-8-4-6-9-7-5-8;2*3-1(4)2(5)6;;;;2*1-2;/h3*8H,2-7H2,1H3;4-6H,2-3,7H2,1H3;2*(H,3,4)(H,5,6);2*1H;;;;/q4*-1;;;;;+5;2*-2;+2/p-6. The van der Waals surface area contributed by atoms with Crippen molar-refractivity contribution < 1.29 is 98.2 Å². The van der Waals surface area contributed by atoms with Crippen molar-refractivity contribution in [2.45, 2.75) is 118 Å². The molecule has 0 atom stereocenters. The fourth-order valence-electron chi connectivity index (χ4n) is 5.42. The summed E-state index contributed by atoms with van der Waals surface area (Å²) in [6.07, 6.45) is 25.1. The Balaban J connectivity index is -0.000000130. The van der Waals surface area contributed by atoms with E-state index in [-0.39, 0.29) is 37.5 Å². The second-order valence-electron chi connectivity index (χ2n) is 12.1. The molecule has 0 saturated carbocycles. The van der Waals surface area contributed by atoms with Crippen LogP contribution >= 0.6 is 19.4 Å². The number of hydrogen-bond acceptors (Lipinski definition) is 12. The molecular weight excluding hydrogens is 947 g/mol. The van der Waals surface area contributed by atoms with Crippen LogP contribution in [0.1, 0.15) is 118 Å². The Bertz CT molecular complexity index is 827. The summed E-state index contributed by atoms with van der Waals surface area (Å²) in [4.78, 5) is 35.7. The van der Waals surface area contributed by atoms with Crippen molar-refractivity contribution >= 4 is 43.3 Å². The summed E-state index contributed by atoms with van der Waals surface area (Å²) >= 11 is -0.226. The van der Waals surface area contributed by atoms with Gasteiger partial charge in [0, 0.05) is 0 Å². The van der Waals surface area contributed by atoms with E-state index < -0.39 is 23.9 Å². The normalized spacial score (nSPS) is 15.6. The fraction of sp³-hybridized carbons (Fsp3) is 0.778. The van der Waals surface area contributed by atoms with Crippen molar-refractivity contribution in [1.82, 2.24) is 0 Å². The zero-order valence-corrected chi connectivity index (χ0v) is 38.4. The topological polar surface area (TPSA) is 309 Å². The molecule has 0 aliphatic carbocycles. The number of piperidine rings is 3. The van der Waals surface area contributed by atoms with Crippen LogP contribution in [-0.4, -0.2) is 69.7 Å². The van der Waals surface area contributed by atoms with Gasteiger partial charge >= 0.3 is 56.9 Å². The molecule has 56 heavy (non-hydrogen) atoms. The molecule has 0 aromatic rings.